The Labute approximate surface area is 274 Å². The molecule has 8 aliphatic rings. The van der Waals surface area contributed by atoms with Gasteiger partial charge in [-0.15, -0.1) is 0 Å². The van der Waals surface area contributed by atoms with Crippen LogP contribution < -0.4 is 0 Å². The highest BCUT2D eigenvalue weighted by atomic mass is 32.2. The summed E-state index contributed by atoms with van der Waals surface area (Å²) in [6.45, 7) is 31.0. The number of sulfone groups is 1. The Balaban J connectivity index is 0.000000132. The van der Waals surface area contributed by atoms with Crippen molar-refractivity contribution in [3.05, 3.63) is 0 Å². The average Bonchev–Trinajstić information content (AvgIpc) is 2.71. The molecule has 5 aliphatic heterocycles. The molecule has 0 radical (unpaired) electrons. The summed E-state index contributed by atoms with van der Waals surface area (Å²) in [5.74, 6) is 0.867. The van der Waals surface area contributed by atoms with Gasteiger partial charge in [0.15, 0.2) is 9.84 Å². The lowest BCUT2D eigenvalue weighted by molar-refractivity contribution is -0.0926. The Morgan fingerprint density at radius 1 is 0.477 bits per heavy atom. The van der Waals surface area contributed by atoms with Gasteiger partial charge in [0.1, 0.15) is 0 Å². The summed E-state index contributed by atoms with van der Waals surface area (Å²) in [4.78, 5) is 10.2. The molecule has 0 N–H and O–H groups in total. The van der Waals surface area contributed by atoms with E-state index in [1.165, 1.54) is 96.9 Å². The topological polar surface area (TPSA) is 47.1 Å². The van der Waals surface area contributed by atoms with Crippen LogP contribution in [0.4, 0.5) is 0 Å². The van der Waals surface area contributed by atoms with Crippen molar-refractivity contribution in [2.75, 3.05) is 57.3 Å². The molecule has 8 rings (SSSR count). The van der Waals surface area contributed by atoms with Crippen molar-refractivity contribution in [1.82, 2.24) is 19.6 Å². The maximum atomic E-state index is 11.0. The SMILES string of the molecule is CC.CC(C)N1CC2(C1)CS(=O)(=O)C2.CC(C)N1CC2(CCC2)C1.CC(C)N1CC2(CCC2)C1.CC(C)N1CCC12CCC2. The van der Waals surface area contributed by atoms with Crippen molar-refractivity contribution in [2.45, 2.75) is 163 Å². The molecule has 0 unspecified atom stereocenters. The van der Waals surface area contributed by atoms with E-state index in [0.29, 0.717) is 23.1 Å². The fourth-order valence-electron chi connectivity index (χ4n) is 9.09. The molecule has 8 fully saturated rings. The van der Waals surface area contributed by atoms with Crippen molar-refractivity contribution in [3.8, 4) is 0 Å². The maximum absolute atomic E-state index is 11.0. The first-order valence-electron chi connectivity index (χ1n) is 18.8. The van der Waals surface area contributed by atoms with E-state index in [4.69, 9.17) is 0 Å². The number of hydrogen-bond acceptors (Lipinski definition) is 6. The molecule has 0 aromatic carbocycles. The second-order valence-corrected chi connectivity index (χ2v) is 19.4. The third kappa shape index (κ3) is 7.90. The summed E-state index contributed by atoms with van der Waals surface area (Å²) in [5, 5.41) is 0. The molecule has 258 valence electrons. The van der Waals surface area contributed by atoms with Gasteiger partial charge in [-0.3, -0.25) is 19.6 Å². The molecule has 6 nitrogen and oxygen atoms in total. The lowest BCUT2D eigenvalue weighted by Crippen LogP contribution is -2.69. The lowest BCUT2D eigenvalue weighted by atomic mass is 9.63. The van der Waals surface area contributed by atoms with E-state index >= 15 is 0 Å². The van der Waals surface area contributed by atoms with Crippen molar-refractivity contribution in [1.29, 1.82) is 0 Å². The minimum atomic E-state index is -2.63. The van der Waals surface area contributed by atoms with Gasteiger partial charge < -0.3 is 0 Å². The maximum Gasteiger partial charge on any atom is 0.151 e. The first-order chi connectivity index (χ1) is 20.6. The van der Waals surface area contributed by atoms with Gasteiger partial charge in [-0.25, -0.2) is 8.42 Å². The molecule has 4 spiro atoms. The zero-order chi connectivity index (χ0) is 32.6. The molecular formula is C37H72N4O2S. The van der Waals surface area contributed by atoms with Crippen LogP contribution in [0.5, 0.6) is 0 Å². The molecule has 7 heteroatoms. The van der Waals surface area contributed by atoms with Crippen LogP contribution in [-0.4, -0.2) is 115 Å². The zero-order valence-electron chi connectivity index (χ0n) is 30.8. The Kier molecular flexibility index (Phi) is 11.7. The van der Waals surface area contributed by atoms with E-state index in [0.717, 1.165) is 42.0 Å². The van der Waals surface area contributed by atoms with Crippen LogP contribution in [0.25, 0.3) is 0 Å². The van der Waals surface area contributed by atoms with Gasteiger partial charge in [0.2, 0.25) is 0 Å². The number of nitrogens with zero attached hydrogens (tertiary/aromatic N) is 4. The van der Waals surface area contributed by atoms with E-state index in [1.54, 1.807) is 0 Å². The third-order valence-electron chi connectivity index (χ3n) is 12.6. The second-order valence-electron chi connectivity index (χ2n) is 17.4. The fraction of sp³-hybridized carbons (Fsp3) is 1.00. The summed E-state index contributed by atoms with van der Waals surface area (Å²) in [6, 6.07) is 2.92. The molecule has 44 heavy (non-hydrogen) atoms. The molecule has 5 saturated heterocycles. The second kappa shape index (κ2) is 14.1. The van der Waals surface area contributed by atoms with Gasteiger partial charge in [0.25, 0.3) is 0 Å². The van der Waals surface area contributed by atoms with Gasteiger partial charge in [-0.2, -0.15) is 0 Å². The molecule has 0 atom stereocenters. The summed E-state index contributed by atoms with van der Waals surface area (Å²) in [6.07, 6.45) is 14.9. The van der Waals surface area contributed by atoms with Crippen molar-refractivity contribution < 1.29 is 8.42 Å². The summed E-state index contributed by atoms with van der Waals surface area (Å²) in [7, 11) is -2.63. The molecular weight excluding hydrogens is 565 g/mol. The van der Waals surface area contributed by atoms with E-state index in [2.05, 4.69) is 75.0 Å². The smallest absolute Gasteiger partial charge is 0.151 e. The van der Waals surface area contributed by atoms with E-state index < -0.39 is 9.84 Å². The standard InChI is InChI=1S/3C9H17N.C8H15NO2S.C2H6/c2*1-8(2)10-6-9(7-10)4-3-5-9;1-8(2)10-7-6-9(10)4-3-5-9;1-7(2)9-3-8(4-9)5-12(10,11)6-8;1-2/h3*8H,3-7H2,1-2H3;7H,3-6H2,1-2H3;1-2H3. The van der Waals surface area contributed by atoms with Crippen molar-refractivity contribution in [2.24, 2.45) is 16.2 Å². The van der Waals surface area contributed by atoms with E-state index in [-0.39, 0.29) is 5.41 Å². The first kappa shape index (κ1) is 36.6. The van der Waals surface area contributed by atoms with E-state index in [9.17, 15) is 8.42 Å². The predicted molar refractivity (Wildman–Crippen MR) is 188 cm³/mol. The van der Waals surface area contributed by atoms with Gasteiger partial charge in [0.05, 0.1) is 11.5 Å². The average molecular weight is 637 g/mol. The molecule has 0 aromatic heterocycles. The van der Waals surface area contributed by atoms with Gasteiger partial charge in [-0.05, 0) is 118 Å². The zero-order valence-corrected chi connectivity index (χ0v) is 31.6. The minimum Gasteiger partial charge on any atom is -0.300 e. The van der Waals surface area contributed by atoms with Gasteiger partial charge in [0, 0.05) is 80.9 Å². The Morgan fingerprint density at radius 3 is 0.977 bits per heavy atom. The van der Waals surface area contributed by atoms with Crippen LogP contribution in [-0.2, 0) is 9.84 Å². The molecule has 0 amide bonds. The molecule has 3 aliphatic carbocycles. The normalized spacial score (nSPS) is 29.4. The first-order valence-corrected chi connectivity index (χ1v) is 20.6. The van der Waals surface area contributed by atoms with Crippen LogP contribution in [0.2, 0.25) is 0 Å². The lowest BCUT2D eigenvalue weighted by Gasteiger charge is -2.60. The Bertz CT molecular complexity index is 951. The van der Waals surface area contributed by atoms with E-state index in [1.807, 2.05) is 13.8 Å². The van der Waals surface area contributed by atoms with Crippen LogP contribution in [0.3, 0.4) is 0 Å². The fourth-order valence-corrected chi connectivity index (χ4v) is 11.2. The summed E-state index contributed by atoms with van der Waals surface area (Å²) in [5.41, 5.74) is 2.53. The summed E-state index contributed by atoms with van der Waals surface area (Å²) >= 11 is 0. The predicted octanol–water partition coefficient (Wildman–Crippen LogP) is 6.94. The molecule has 0 aromatic rings. The monoisotopic (exact) mass is 637 g/mol. The minimum absolute atomic E-state index is 0.170. The Hall–Kier alpha value is -0.210. The highest BCUT2D eigenvalue weighted by Crippen LogP contribution is 2.50. The number of hydrogen-bond donors (Lipinski definition) is 0. The summed E-state index contributed by atoms with van der Waals surface area (Å²) < 4.78 is 21.9. The third-order valence-corrected chi connectivity index (χ3v) is 14.7. The number of likely N-dealkylation sites (tertiary alicyclic amines) is 4. The van der Waals surface area contributed by atoms with Crippen LogP contribution in [0.1, 0.15) is 133 Å². The molecule has 5 heterocycles. The highest BCUT2D eigenvalue weighted by molar-refractivity contribution is 7.92. The highest BCUT2D eigenvalue weighted by Gasteiger charge is 2.56. The van der Waals surface area contributed by atoms with Gasteiger partial charge in [-0.1, -0.05) is 26.7 Å². The largest absolute Gasteiger partial charge is 0.300 e. The Morgan fingerprint density at radius 2 is 0.818 bits per heavy atom. The van der Waals surface area contributed by atoms with Crippen LogP contribution in [0, 0.1) is 16.2 Å². The van der Waals surface area contributed by atoms with Crippen molar-refractivity contribution in [3.63, 3.8) is 0 Å². The quantitative estimate of drug-likeness (QED) is 0.333. The number of rotatable bonds is 4. The van der Waals surface area contributed by atoms with Crippen LogP contribution in [0.15, 0.2) is 0 Å². The molecule has 3 saturated carbocycles. The van der Waals surface area contributed by atoms with Crippen LogP contribution >= 0.6 is 0 Å². The molecule has 0 bridgehead atoms. The van der Waals surface area contributed by atoms with Gasteiger partial charge >= 0.3 is 0 Å². The van der Waals surface area contributed by atoms with Crippen molar-refractivity contribution >= 4 is 9.84 Å².